The summed E-state index contributed by atoms with van der Waals surface area (Å²) in [6.45, 7) is 5.85. The minimum Gasteiger partial charge on any atom is -0.373 e. The van der Waals surface area contributed by atoms with Gasteiger partial charge in [0.1, 0.15) is 5.82 Å². The predicted molar refractivity (Wildman–Crippen MR) is 82.4 cm³/mol. The third kappa shape index (κ3) is 3.15. The van der Waals surface area contributed by atoms with Gasteiger partial charge in [-0.15, -0.1) is 0 Å². The van der Waals surface area contributed by atoms with Crippen molar-refractivity contribution in [2.45, 2.75) is 20.8 Å². The monoisotopic (exact) mass is 269 g/mol. The summed E-state index contributed by atoms with van der Waals surface area (Å²) in [5.74, 6) is 0.566. The van der Waals surface area contributed by atoms with Crippen LogP contribution in [0.25, 0.3) is 0 Å². The van der Waals surface area contributed by atoms with Gasteiger partial charge in [0.15, 0.2) is 0 Å². The lowest BCUT2D eigenvalue weighted by Gasteiger charge is -2.10. The maximum absolute atomic E-state index is 12.3. The molecule has 20 heavy (non-hydrogen) atoms. The molecule has 0 unspecified atom stereocenters. The largest absolute Gasteiger partial charge is 0.373 e. The average molecular weight is 269 g/mol. The molecule has 0 aliphatic heterocycles. The third-order valence-electron chi connectivity index (χ3n) is 3.11. The molecule has 0 aliphatic rings. The highest BCUT2D eigenvalue weighted by molar-refractivity contribution is 6.05. The van der Waals surface area contributed by atoms with Crippen molar-refractivity contribution < 1.29 is 4.79 Å². The minimum atomic E-state index is -0.124. The number of amides is 1. The number of hydrogen-bond donors (Lipinski definition) is 2. The number of carbonyl (C=O) groups is 1. The smallest absolute Gasteiger partial charge is 0.255 e. The summed E-state index contributed by atoms with van der Waals surface area (Å²) in [6.07, 6.45) is 0. The standard InChI is InChI=1S/C16H19N3O/c1-10-5-6-11(2)14(7-10)19-16(20)13-8-12(3)18-15(9-13)17-4/h5-9H,1-4H3,(H,17,18)(H,19,20). The van der Waals surface area contributed by atoms with Crippen LogP contribution in [0.1, 0.15) is 27.2 Å². The van der Waals surface area contributed by atoms with Crippen molar-refractivity contribution in [2.24, 2.45) is 0 Å². The number of aryl methyl sites for hydroxylation is 3. The highest BCUT2D eigenvalue weighted by Gasteiger charge is 2.10. The fraction of sp³-hybridized carbons (Fsp3) is 0.250. The first-order chi connectivity index (χ1) is 9.49. The van der Waals surface area contributed by atoms with E-state index in [9.17, 15) is 4.79 Å². The third-order valence-corrected chi connectivity index (χ3v) is 3.11. The van der Waals surface area contributed by atoms with Crippen molar-refractivity contribution in [1.82, 2.24) is 4.98 Å². The van der Waals surface area contributed by atoms with Crippen LogP contribution < -0.4 is 10.6 Å². The van der Waals surface area contributed by atoms with E-state index in [1.54, 1.807) is 19.2 Å². The second-order valence-corrected chi connectivity index (χ2v) is 4.90. The lowest BCUT2D eigenvalue weighted by Crippen LogP contribution is -2.14. The molecule has 0 atom stereocenters. The van der Waals surface area contributed by atoms with E-state index in [0.717, 1.165) is 22.5 Å². The zero-order valence-electron chi connectivity index (χ0n) is 12.2. The molecule has 2 N–H and O–H groups in total. The topological polar surface area (TPSA) is 54.0 Å². The van der Waals surface area contributed by atoms with Crippen molar-refractivity contribution in [3.05, 3.63) is 52.7 Å². The molecule has 0 saturated heterocycles. The van der Waals surface area contributed by atoms with Gasteiger partial charge >= 0.3 is 0 Å². The first-order valence-corrected chi connectivity index (χ1v) is 6.54. The lowest BCUT2D eigenvalue weighted by molar-refractivity contribution is 0.102. The van der Waals surface area contributed by atoms with Crippen molar-refractivity contribution in [2.75, 3.05) is 17.7 Å². The van der Waals surface area contributed by atoms with Gasteiger partial charge in [-0.25, -0.2) is 4.98 Å². The summed E-state index contributed by atoms with van der Waals surface area (Å²) in [5.41, 5.74) is 4.41. The number of pyridine rings is 1. The lowest BCUT2D eigenvalue weighted by atomic mass is 10.1. The average Bonchev–Trinajstić information content (AvgIpc) is 2.42. The van der Waals surface area contributed by atoms with Crippen molar-refractivity contribution in [3.63, 3.8) is 0 Å². The summed E-state index contributed by atoms with van der Waals surface area (Å²) < 4.78 is 0. The Labute approximate surface area is 119 Å². The van der Waals surface area contributed by atoms with E-state index in [1.165, 1.54) is 0 Å². The Morgan fingerprint density at radius 3 is 2.55 bits per heavy atom. The van der Waals surface area contributed by atoms with Crippen LogP contribution in [0.5, 0.6) is 0 Å². The van der Waals surface area contributed by atoms with Gasteiger partial charge in [0.05, 0.1) is 0 Å². The van der Waals surface area contributed by atoms with Crippen LogP contribution in [-0.4, -0.2) is 17.9 Å². The van der Waals surface area contributed by atoms with E-state index in [-0.39, 0.29) is 5.91 Å². The molecule has 1 aromatic heterocycles. The zero-order chi connectivity index (χ0) is 14.7. The number of nitrogens with zero attached hydrogens (tertiary/aromatic N) is 1. The summed E-state index contributed by atoms with van der Waals surface area (Å²) in [6, 6.07) is 9.53. The van der Waals surface area contributed by atoms with E-state index in [4.69, 9.17) is 0 Å². The van der Waals surface area contributed by atoms with Crippen molar-refractivity contribution >= 4 is 17.4 Å². The van der Waals surface area contributed by atoms with Crippen LogP contribution >= 0.6 is 0 Å². The van der Waals surface area contributed by atoms with Crippen LogP contribution in [0.2, 0.25) is 0 Å². The molecule has 2 aromatic rings. The zero-order valence-corrected chi connectivity index (χ0v) is 12.2. The predicted octanol–water partition coefficient (Wildman–Crippen LogP) is 3.30. The molecule has 0 saturated carbocycles. The van der Waals surface area contributed by atoms with Crippen LogP contribution in [0.15, 0.2) is 30.3 Å². The molecule has 0 aliphatic carbocycles. The molecule has 4 nitrogen and oxygen atoms in total. The molecular formula is C16H19N3O. The van der Waals surface area contributed by atoms with E-state index >= 15 is 0 Å². The van der Waals surface area contributed by atoms with Crippen LogP contribution in [-0.2, 0) is 0 Å². The number of aromatic nitrogens is 1. The number of rotatable bonds is 3. The minimum absolute atomic E-state index is 0.124. The first kappa shape index (κ1) is 14.1. The Morgan fingerprint density at radius 2 is 1.85 bits per heavy atom. The van der Waals surface area contributed by atoms with Crippen molar-refractivity contribution in [1.29, 1.82) is 0 Å². The number of benzene rings is 1. The van der Waals surface area contributed by atoms with Gasteiger partial charge in [-0.3, -0.25) is 4.79 Å². The number of anilines is 2. The fourth-order valence-corrected chi connectivity index (χ4v) is 1.99. The van der Waals surface area contributed by atoms with Gasteiger partial charge in [0, 0.05) is 24.0 Å². The molecule has 4 heteroatoms. The van der Waals surface area contributed by atoms with Gasteiger partial charge in [0.2, 0.25) is 0 Å². The Balaban J connectivity index is 2.28. The molecule has 0 fully saturated rings. The quantitative estimate of drug-likeness (QED) is 0.899. The Bertz CT molecular complexity index is 650. The van der Waals surface area contributed by atoms with Gasteiger partial charge < -0.3 is 10.6 Å². The van der Waals surface area contributed by atoms with E-state index < -0.39 is 0 Å². The molecular weight excluding hydrogens is 250 g/mol. The van der Waals surface area contributed by atoms with Crippen LogP contribution in [0, 0.1) is 20.8 Å². The second-order valence-electron chi connectivity index (χ2n) is 4.90. The molecule has 0 radical (unpaired) electrons. The Kier molecular flexibility index (Phi) is 4.03. The maximum Gasteiger partial charge on any atom is 0.255 e. The van der Waals surface area contributed by atoms with E-state index in [1.807, 2.05) is 39.0 Å². The van der Waals surface area contributed by atoms with Gasteiger partial charge in [0.25, 0.3) is 5.91 Å². The van der Waals surface area contributed by atoms with Gasteiger partial charge in [-0.05, 0) is 50.1 Å². The van der Waals surface area contributed by atoms with E-state index in [2.05, 4.69) is 15.6 Å². The highest BCUT2D eigenvalue weighted by atomic mass is 16.1. The first-order valence-electron chi connectivity index (χ1n) is 6.54. The summed E-state index contributed by atoms with van der Waals surface area (Å²) >= 11 is 0. The molecule has 0 spiro atoms. The summed E-state index contributed by atoms with van der Waals surface area (Å²) in [4.78, 5) is 16.6. The van der Waals surface area contributed by atoms with Crippen LogP contribution in [0.3, 0.4) is 0 Å². The molecule has 1 aromatic carbocycles. The van der Waals surface area contributed by atoms with E-state index in [0.29, 0.717) is 11.4 Å². The maximum atomic E-state index is 12.3. The molecule has 2 rings (SSSR count). The molecule has 0 bridgehead atoms. The molecule has 1 amide bonds. The van der Waals surface area contributed by atoms with Crippen molar-refractivity contribution in [3.8, 4) is 0 Å². The summed E-state index contributed by atoms with van der Waals surface area (Å²) in [5, 5.41) is 5.91. The molecule has 104 valence electrons. The van der Waals surface area contributed by atoms with Crippen LogP contribution in [0.4, 0.5) is 11.5 Å². The Hall–Kier alpha value is -2.36. The number of hydrogen-bond acceptors (Lipinski definition) is 3. The number of carbonyl (C=O) groups excluding carboxylic acids is 1. The molecule has 1 heterocycles. The Morgan fingerprint density at radius 1 is 1.10 bits per heavy atom. The number of nitrogens with one attached hydrogen (secondary N) is 2. The fourth-order valence-electron chi connectivity index (χ4n) is 1.99. The summed E-state index contributed by atoms with van der Waals surface area (Å²) in [7, 11) is 1.79. The van der Waals surface area contributed by atoms with Gasteiger partial charge in [-0.1, -0.05) is 12.1 Å². The second kappa shape index (κ2) is 5.74. The highest BCUT2D eigenvalue weighted by Crippen LogP contribution is 2.18. The SMILES string of the molecule is CNc1cc(C(=O)Nc2cc(C)ccc2C)cc(C)n1. The normalized spacial score (nSPS) is 10.2. The van der Waals surface area contributed by atoms with Gasteiger partial charge in [-0.2, -0.15) is 0 Å².